The third-order valence-corrected chi connectivity index (χ3v) is 6.08. The van der Waals surface area contributed by atoms with E-state index >= 15 is 0 Å². The smallest absolute Gasteiger partial charge is 0.190 e. The van der Waals surface area contributed by atoms with E-state index in [1.165, 1.54) is 5.56 Å². The monoisotopic (exact) mass is 495 g/mol. The van der Waals surface area contributed by atoms with Gasteiger partial charge in [0.1, 0.15) is 0 Å². The Balaban J connectivity index is 0.00000338. The quantitative estimate of drug-likeness (QED) is 0.328. The maximum Gasteiger partial charge on any atom is 0.190 e. The van der Waals surface area contributed by atoms with Gasteiger partial charge in [0.05, 0.1) is 24.7 Å². The lowest BCUT2D eigenvalue weighted by molar-refractivity contribution is 0.0931. The predicted octanol–water partition coefficient (Wildman–Crippen LogP) is 2.06. The number of benzene rings is 1. The molecule has 0 amide bonds. The van der Waals surface area contributed by atoms with Gasteiger partial charge in [-0.3, -0.25) is 4.99 Å². The van der Waals surface area contributed by atoms with Crippen LogP contribution in [0.1, 0.15) is 18.9 Å². The molecule has 1 saturated heterocycles. The summed E-state index contributed by atoms with van der Waals surface area (Å²) in [6.07, 6.45) is 0.732. The summed E-state index contributed by atoms with van der Waals surface area (Å²) in [4.78, 5) is 4.19. The van der Waals surface area contributed by atoms with Crippen LogP contribution in [0.5, 0.6) is 0 Å². The molecule has 6 nitrogen and oxygen atoms in total. The lowest BCUT2D eigenvalue weighted by Gasteiger charge is -2.17. The molecule has 0 bridgehead atoms. The molecule has 0 radical (unpaired) electrons. The van der Waals surface area contributed by atoms with Gasteiger partial charge >= 0.3 is 0 Å². The van der Waals surface area contributed by atoms with Crippen molar-refractivity contribution in [2.45, 2.75) is 20.0 Å². The van der Waals surface area contributed by atoms with E-state index < -0.39 is 9.84 Å². The predicted molar refractivity (Wildman–Crippen MR) is 117 cm³/mol. The van der Waals surface area contributed by atoms with Crippen molar-refractivity contribution in [1.29, 1.82) is 0 Å². The van der Waals surface area contributed by atoms with Gasteiger partial charge in [0.2, 0.25) is 0 Å². The number of sulfone groups is 1. The minimum Gasteiger partial charge on any atom is -0.376 e. The third kappa shape index (κ3) is 8.68. The maximum atomic E-state index is 11.5. The normalized spacial score (nSPS) is 20.2. The first kappa shape index (κ1) is 23.2. The molecule has 1 fully saturated rings. The molecule has 0 saturated carbocycles. The van der Waals surface area contributed by atoms with E-state index in [2.05, 4.69) is 34.7 Å². The van der Waals surface area contributed by atoms with Gasteiger partial charge < -0.3 is 15.4 Å². The fourth-order valence-corrected chi connectivity index (χ4v) is 4.64. The van der Waals surface area contributed by atoms with E-state index in [1.807, 2.05) is 18.2 Å². The molecular formula is C18H30IN3O3S. The van der Waals surface area contributed by atoms with Gasteiger partial charge in [0.15, 0.2) is 15.8 Å². The number of hydrogen-bond donors (Lipinski definition) is 2. The molecule has 148 valence electrons. The van der Waals surface area contributed by atoms with Crippen LogP contribution in [0.25, 0.3) is 0 Å². The number of guanidine groups is 1. The van der Waals surface area contributed by atoms with Gasteiger partial charge in [-0.25, -0.2) is 8.42 Å². The van der Waals surface area contributed by atoms with Crippen LogP contribution in [0, 0.1) is 11.8 Å². The second-order valence-corrected chi connectivity index (χ2v) is 8.94. The number of nitrogens with one attached hydrogen (secondary N) is 2. The van der Waals surface area contributed by atoms with Crippen LogP contribution >= 0.6 is 24.0 Å². The van der Waals surface area contributed by atoms with Crippen molar-refractivity contribution >= 4 is 39.8 Å². The molecule has 2 unspecified atom stereocenters. The molecule has 1 heterocycles. The zero-order valence-electron chi connectivity index (χ0n) is 15.5. The summed E-state index contributed by atoms with van der Waals surface area (Å²) in [6.45, 7) is 4.79. The lowest BCUT2D eigenvalue weighted by Crippen LogP contribution is -2.42. The highest BCUT2D eigenvalue weighted by Crippen LogP contribution is 2.17. The van der Waals surface area contributed by atoms with Gasteiger partial charge in [-0.05, 0) is 23.8 Å². The van der Waals surface area contributed by atoms with E-state index in [0.29, 0.717) is 37.4 Å². The number of nitrogens with zero attached hydrogens (tertiary/aromatic N) is 1. The Morgan fingerprint density at radius 1 is 1.31 bits per heavy atom. The lowest BCUT2D eigenvalue weighted by atomic mass is 10.1. The van der Waals surface area contributed by atoms with E-state index in [9.17, 15) is 8.42 Å². The zero-order chi connectivity index (χ0) is 18.1. The van der Waals surface area contributed by atoms with Crippen LogP contribution < -0.4 is 10.6 Å². The van der Waals surface area contributed by atoms with Gasteiger partial charge in [-0.1, -0.05) is 37.3 Å². The van der Waals surface area contributed by atoms with Crippen molar-refractivity contribution in [1.82, 2.24) is 10.6 Å². The van der Waals surface area contributed by atoms with Crippen molar-refractivity contribution in [3.05, 3.63) is 35.9 Å². The molecule has 1 aliphatic rings. The number of hydrogen-bond acceptors (Lipinski definition) is 4. The van der Waals surface area contributed by atoms with Gasteiger partial charge in [0, 0.05) is 20.1 Å². The molecule has 2 rings (SSSR count). The highest BCUT2D eigenvalue weighted by Gasteiger charge is 2.27. The van der Waals surface area contributed by atoms with E-state index in [-0.39, 0.29) is 35.6 Å². The fourth-order valence-electron chi connectivity index (χ4n) is 2.78. The van der Waals surface area contributed by atoms with E-state index in [1.54, 1.807) is 7.05 Å². The zero-order valence-corrected chi connectivity index (χ0v) is 18.6. The first-order valence-corrected chi connectivity index (χ1v) is 10.6. The van der Waals surface area contributed by atoms with Crippen molar-refractivity contribution in [2.24, 2.45) is 16.8 Å². The molecule has 2 N–H and O–H groups in total. The standard InChI is InChI=1S/C18H29N3O3S.HI/c1-15(12-24-13-16-6-4-3-5-7-16)10-20-18(19-2)21-11-17-8-9-25(22,23)14-17;/h3-7,15,17H,8-14H2,1-2H3,(H2,19,20,21);1H. The van der Waals surface area contributed by atoms with Crippen LogP contribution in [0.2, 0.25) is 0 Å². The summed E-state index contributed by atoms with van der Waals surface area (Å²) in [5.74, 6) is 1.81. The number of aliphatic imine (C=N–C) groups is 1. The summed E-state index contributed by atoms with van der Waals surface area (Å²) in [5.41, 5.74) is 1.17. The van der Waals surface area contributed by atoms with Crippen LogP contribution in [0.3, 0.4) is 0 Å². The highest BCUT2D eigenvalue weighted by atomic mass is 127. The molecule has 0 spiro atoms. The summed E-state index contributed by atoms with van der Waals surface area (Å²) < 4.78 is 28.7. The molecule has 0 aromatic heterocycles. The van der Waals surface area contributed by atoms with E-state index in [4.69, 9.17) is 4.74 Å². The first-order chi connectivity index (χ1) is 12.0. The van der Waals surface area contributed by atoms with Crippen LogP contribution in [-0.4, -0.2) is 52.6 Å². The molecule has 2 atom stereocenters. The Hall–Kier alpha value is -0.870. The Morgan fingerprint density at radius 2 is 2.04 bits per heavy atom. The molecular weight excluding hydrogens is 465 g/mol. The van der Waals surface area contributed by atoms with E-state index in [0.717, 1.165) is 13.0 Å². The maximum absolute atomic E-state index is 11.5. The van der Waals surface area contributed by atoms with Crippen molar-refractivity contribution in [3.63, 3.8) is 0 Å². The average Bonchev–Trinajstić information content (AvgIpc) is 2.95. The van der Waals surface area contributed by atoms with Gasteiger partial charge in [-0.2, -0.15) is 0 Å². The molecule has 26 heavy (non-hydrogen) atoms. The molecule has 1 aromatic carbocycles. The van der Waals surface area contributed by atoms with Gasteiger partial charge in [-0.15, -0.1) is 24.0 Å². The second-order valence-electron chi connectivity index (χ2n) is 6.71. The average molecular weight is 495 g/mol. The Kier molecular flexibility index (Phi) is 10.5. The van der Waals surface area contributed by atoms with Crippen LogP contribution in [0.4, 0.5) is 0 Å². The molecule has 0 aliphatic carbocycles. The van der Waals surface area contributed by atoms with Gasteiger partial charge in [0.25, 0.3) is 0 Å². The largest absolute Gasteiger partial charge is 0.376 e. The van der Waals surface area contributed by atoms with Crippen LogP contribution in [0.15, 0.2) is 35.3 Å². The summed E-state index contributed by atoms with van der Waals surface area (Å²) in [6, 6.07) is 10.1. The molecule has 8 heteroatoms. The first-order valence-electron chi connectivity index (χ1n) is 8.75. The summed E-state index contributed by atoms with van der Waals surface area (Å²) in [5, 5.41) is 6.49. The van der Waals surface area contributed by atoms with Crippen LogP contribution in [-0.2, 0) is 21.2 Å². The number of ether oxygens (including phenoxy) is 1. The Morgan fingerprint density at radius 3 is 2.65 bits per heavy atom. The minimum atomic E-state index is -2.83. The summed E-state index contributed by atoms with van der Waals surface area (Å²) in [7, 11) is -1.11. The fraction of sp³-hybridized carbons (Fsp3) is 0.611. The highest BCUT2D eigenvalue weighted by molar-refractivity contribution is 14.0. The topological polar surface area (TPSA) is 79.8 Å². The van der Waals surface area contributed by atoms with Crippen molar-refractivity contribution in [2.75, 3.05) is 38.2 Å². The third-order valence-electron chi connectivity index (χ3n) is 4.24. The molecule has 1 aliphatic heterocycles. The molecule has 1 aromatic rings. The van der Waals surface area contributed by atoms with Crippen molar-refractivity contribution in [3.8, 4) is 0 Å². The Bertz CT molecular complexity index is 653. The summed E-state index contributed by atoms with van der Waals surface area (Å²) >= 11 is 0. The second kappa shape index (κ2) is 11.8. The number of halogens is 1. The van der Waals surface area contributed by atoms with Crippen molar-refractivity contribution < 1.29 is 13.2 Å². The minimum absolute atomic E-state index is 0. The SMILES string of the molecule is CN=C(NCC(C)COCc1ccccc1)NCC1CCS(=O)(=O)C1.I. The number of rotatable bonds is 8. The Labute approximate surface area is 174 Å².